The normalized spacial score (nSPS) is 18.3. The lowest BCUT2D eigenvalue weighted by Gasteiger charge is -2.40. The summed E-state index contributed by atoms with van der Waals surface area (Å²) in [5.41, 5.74) is 1.66. The van der Waals surface area contributed by atoms with E-state index in [-0.39, 0.29) is 36.1 Å². The number of carbonyl (C=O) groups excluding carboxylic acids is 2. The van der Waals surface area contributed by atoms with Gasteiger partial charge >= 0.3 is 0 Å². The number of amides is 2. The number of carbonyl (C=O) groups is 2. The van der Waals surface area contributed by atoms with Crippen molar-refractivity contribution in [2.24, 2.45) is 0 Å². The second-order valence-corrected chi connectivity index (χ2v) is 10.2. The van der Waals surface area contributed by atoms with Crippen LogP contribution in [0.4, 0.5) is 0 Å². The topological polar surface area (TPSA) is 121 Å². The average Bonchev–Trinajstić information content (AvgIpc) is 3.48. The third-order valence-corrected chi connectivity index (χ3v) is 7.33. The van der Waals surface area contributed by atoms with Crippen LogP contribution in [0.5, 0.6) is 5.75 Å². The number of nitrogens with zero attached hydrogens (tertiary/aromatic N) is 8. The monoisotopic (exact) mass is 520 g/mol. The van der Waals surface area contributed by atoms with Gasteiger partial charge in [-0.2, -0.15) is 5.10 Å². The Morgan fingerprint density at radius 2 is 1.89 bits per heavy atom. The van der Waals surface area contributed by atoms with Crippen molar-refractivity contribution in [2.75, 3.05) is 39.5 Å². The van der Waals surface area contributed by atoms with E-state index in [2.05, 4.69) is 28.9 Å². The molecule has 6 rings (SSSR count). The summed E-state index contributed by atoms with van der Waals surface area (Å²) < 4.78 is 15.2. The number of imidazole rings is 1. The molecule has 0 aromatic carbocycles. The Labute approximate surface area is 220 Å². The maximum atomic E-state index is 13.4. The molecule has 3 aromatic heterocycles. The van der Waals surface area contributed by atoms with Crippen molar-refractivity contribution >= 4 is 11.8 Å². The fraction of sp³-hybridized carbons (Fsp3) is 0.538. The molecule has 0 saturated carbocycles. The molecule has 0 spiro atoms. The number of rotatable bonds is 4. The van der Waals surface area contributed by atoms with Gasteiger partial charge < -0.3 is 23.8 Å². The molecule has 3 aliphatic heterocycles. The fourth-order valence-electron chi connectivity index (χ4n) is 5.38. The average molecular weight is 521 g/mol. The first-order valence-electron chi connectivity index (χ1n) is 13.2. The van der Waals surface area contributed by atoms with Crippen LogP contribution in [0.1, 0.15) is 49.0 Å². The zero-order chi connectivity index (χ0) is 26.4. The van der Waals surface area contributed by atoms with Crippen molar-refractivity contribution in [1.82, 2.24) is 39.1 Å². The van der Waals surface area contributed by atoms with Crippen LogP contribution in [0.3, 0.4) is 0 Å². The Hall–Kier alpha value is -3.80. The van der Waals surface area contributed by atoms with Crippen LogP contribution < -0.4 is 4.74 Å². The summed E-state index contributed by atoms with van der Waals surface area (Å²) in [6, 6.07) is 2.04. The van der Waals surface area contributed by atoms with Gasteiger partial charge in [-0.1, -0.05) is 0 Å². The van der Waals surface area contributed by atoms with Crippen LogP contribution in [0.15, 0.2) is 18.5 Å². The SMILES string of the molecule is Cc1nc(-c2cn3c(n2)-c2cc(C(=O)N4CCN(C5CCOCC5)C(=O)C4)ncc2OCC3)n(C(C)C)n1. The Bertz CT molecular complexity index is 1370. The van der Waals surface area contributed by atoms with Gasteiger partial charge in [-0.05, 0) is 39.7 Å². The van der Waals surface area contributed by atoms with Crippen molar-refractivity contribution in [3.63, 3.8) is 0 Å². The highest BCUT2D eigenvalue weighted by molar-refractivity contribution is 5.96. The van der Waals surface area contributed by atoms with E-state index in [9.17, 15) is 9.59 Å². The van der Waals surface area contributed by atoms with Crippen molar-refractivity contribution < 1.29 is 19.1 Å². The maximum Gasteiger partial charge on any atom is 0.273 e. The molecule has 0 atom stereocenters. The molecule has 12 heteroatoms. The molecule has 2 amide bonds. The smallest absolute Gasteiger partial charge is 0.273 e. The second-order valence-electron chi connectivity index (χ2n) is 10.2. The van der Waals surface area contributed by atoms with Gasteiger partial charge in [-0.3, -0.25) is 9.59 Å². The number of aromatic nitrogens is 6. The van der Waals surface area contributed by atoms with E-state index in [4.69, 9.17) is 14.5 Å². The molecule has 3 aliphatic rings. The van der Waals surface area contributed by atoms with E-state index >= 15 is 0 Å². The van der Waals surface area contributed by atoms with E-state index in [0.717, 1.165) is 12.8 Å². The molecule has 2 fully saturated rings. The van der Waals surface area contributed by atoms with Crippen LogP contribution in [-0.4, -0.2) is 96.4 Å². The maximum absolute atomic E-state index is 13.4. The van der Waals surface area contributed by atoms with Crippen LogP contribution in [0, 0.1) is 6.92 Å². The van der Waals surface area contributed by atoms with Gasteiger partial charge in [0, 0.05) is 44.6 Å². The molecule has 0 aliphatic carbocycles. The summed E-state index contributed by atoms with van der Waals surface area (Å²) >= 11 is 0. The molecule has 0 bridgehead atoms. The molecule has 38 heavy (non-hydrogen) atoms. The van der Waals surface area contributed by atoms with Crippen LogP contribution in [0.25, 0.3) is 22.9 Å². The zero-order valence-electron chi connectivity index (χ0n) is 22.0. The molecule has 0 N–H and O–H groups in total. The predicted octanol–water partition coefficient (Wildman–Crippen LogP) is 1.95. The first-order chi connectivity index (χ1) is 18.4. The van der Waals surface area contributed by atoms with Crippen molar-refractivity contribution in [3.05, 3.63) is 30.0 Å². The van der Waals surface area contributed by atoms with Gasteiger partial charge in [0.25, 0.3) is 5.91 Å². The molecule has 3 aromatic rings. The summed E-state index contributed by atoms with van der Waals surface area (Å²) in [6.45, 7) is 9.41. The zero-order valence-corrected chi connectivity index (χ0v) is 22.0. The fourth-order valence-corrected chi connectivity index (χ4v) is 5.38. The molecule has 200 valence electrons. The van der Waals surface area contributed by atoms with Gasteiger partial charge in [0.15, 0.2) is 5.82 Å². The Balaban J connectivity index is 1.27. The Morgan fingerprint density at radius 3 is 2.66 bits per heavy atom. The van der Waals surface area contributed by atoms with Gasteiger partial charge in [0.1, 0.15) is 41.9 Å². The minimum Gasteiger partial charge on any atom is -0.489 e. The minimum atomic E-state index is -0.273. The van der Waals surface area contributed by atoms with Gasteiger partial charge in [0.2, 0.25) is 5.91 Å². The molecular formula is C26H32N8O4. The summed E-state index contributed by atoms with van der Waals surface area (Å²) in [5.74, 6) is 2.33. The predicted molar refractivity (Wildman–Crippen MR) is 137 cm³/mol. The Kier molecular flexibility index (Phi) is 6.34. The highest BCUT2D eigenvalue weighted by Crippen LogP contribution is 2.34. The first kappa shape index (κ1) is 24.5. The van der Waals surface area contributed by atoms with Crippen LogP contribution in [-0.2, 0) is 16.1 Å². The quantitative estimate of drug-likeness (QED) is 0.512. The highest BCUT2D eigenvalue weighted by Gasteiger charge is 2.34. The highest BCUT2D eigenvalue weighted by atomic mass is 16.5. The van der Waals surface area contributed by atoms with E-state index in [1.54, 1.807) is 17.2 Å². The minimum absolute atomic E-state index is 0.0284. The number of fused-ring (bicyclic) bond motifs is 3. The lowest BCUT2D eigenvalue weighted by Crippen LogP contribution is -2.56. The van der Waals surface area contributed by atoms with Gasteiger partial charge in [0.05, 0.1) is 18.3 Å². The molecule has 12 nitrogen and oxygen atoms in total. The lowest BCUT2D eigenvalue weighted by molar-refractivity contribution is -0.139. The molecule has 0 radical (unpaired) electrons. The Morgan fingerprint density at radius 1 is 1.08 bits per heavy atom. The van der Waals surface area contributed by atoms with Crippen molar-refractivity contribution in [3.8, 4) is 28.7 Å². The molecule has 0 unspecified atom stereocenters. The van der Waals surface area contributed by atoms with Crippen LogP contribution >= 0.6 is 0 Å². The molecular weight excluding hydrogens is 488 g/mol. The van der Waals surface area contributed by atoms with E-state index in [0.29, 0.717) is 73.9 Å². The number of ether oxygens (including phenoxy) is 2. The summed E-state index contributed by atoms with van der Waals surface area (Å²) in [4.78, 5) is 43.8. The van der Waals surface area contributed by atoms with Crippen molar-refractivity contribution in [1.29, 1.82) is 0 Å². The number of pyridine rings is 1. The summed E-state index contributed by atoms with van der Waals surface area (Å²) in [5, 5.41) is 4.52. The molecule has 2 saturated heterocycles. The van der Waals surface area contributed by atoms with E-state index in [1.807, 2.05) is 27.3 Å². The third kappa shape index (κ3) is 4.42. The van der Waals surface area contributed by atoms with Crippen molar-refractivity contribution in [2.45, 2.75) is 52.2 Å². The number of aryl methyl sites for hydroxylation is 1. The first-order valence-corrected chi connectivity index (χ1v) is 13.2. The van der Waals surface area contributed by atoms with E-state index in [1.165, 1.54) is 0 Å². The van der Waals surface area contributed by atoms with E-state index < -0.39 is 0 Å². The molecule has 6 heterocycles. The number of hydrogen-bond acceptors (Lipinski definition) is 8. The van der Waals surface area contributed by atoms with Gasteiger partial charge in [-0.25, -0.2) is 19.6 Å². The second kappa shape index (κ2) is 9.82. The summed E-state index contributed by atoms with van der Waals surface area (Å²) in [7, 11) is 0. The number of piperazine rings is 1. The number of hydrogen-bond donors (Lipinski definition) is 0. The third-order valence-electron chi connectivity index (χ3n) is 7.33. The largest absolute Gasteiger partial charge is 0.489 e. The summed E-state index contributed by atoms with van der Waals surface area (Å²) in [6.07, 6.45) is 5.21. The van der Waals surface area contributed by atoms with Crippen LogP contribution in [0.2, 0.25) is 0 Å². The lowest BCUT2D eigenvalue weighted by atomic mass is 10.1. The van der Waals surface area contributed by atoms with Gasteiger partial charge in [-0.15, -0.1) is 0 Å². The standard InChI is InChI=1S/C26H32N8O4/c1-16(2)34-25(28-17(3)30-34)21-14-31-8-11-38-22-13-27-20(12-19(22)24(31)29-21)26(36)32-6-7-33(23(35)15-32)18-4-9-37-10-5-18/h12-14,16,18H,4-11,15H2,1-3H3.